The van der Waals surface area contributed by atoms with Gasteiger partial charge < -0.3 is 10.2 Å². The molecule has 1 saturated carbocycles. The summed E-state index contributed by atoms with van der Waals surface area (Å²) in [7, 11) is 0. The Kier molecular flexibility index (Phi) is 7.34. The van der Waals surface area contributed by atoms with Crippen LogP contribution in [-0.2, 0) is 9.63 Å². The highest BCUT2D eigenvalue weighted by atomic mass is 35.5. The van der Waals surface area contributed by atoms with Crippen LogP contribution in [0.25, 0.3) is 0 Å². The summed E-state index contributed by atoms with van der Waals surface area (Å²) in [6.07, 6.45) is 6.64. The monoisotopic (exact) mass is 371 g/mol. The molecule has 0 spiro atoms. The number of rotatable bonds is 5. The number of benzene rings is 1. The fourth-order valence-corrected chi connectivity index (χ4v) is 2.80. The van der Waals surface area contributed by atoms with E-state index in [2.05, 4.69) is 15.8 Å². The van der Waals surface area contributed by atoms with Gasteiger partial charge >= 0.3 is 6.03 Å². The van der Waals surface area contributed by atoms with Crippen molar-refractivity contribution >= 4 is 41.4 Å². The molecule has 0 radical (unpaired) electrons. The summed E-state index contributed by atoms with van der Waals surface area (Å²) in [6.45, 7) is -0.368. The highest BCUT2D eigenvalue weighted by molar-refractivity contribution is 6.43. The minimum Gasteiger partial charge on any atom is -0.386 e. The van der Waals surface area contributed by atoms with Crippen LogP contribution in [0.1, 0.15) is 37.7 Å². The summed E-state index contributed by atoms with van der Waals surface area (Å²) in [5.41, 5.74) is 0.569. The maximum absolute atomic E-state index is 11.7. The van der Waals surface area contributed by atoms with E-state index >= 15 is 0 Å². The molecule has 24 heavy (non-hydrogen) atoms. The summed E-state index contributed by atoms with van der Waals surface area (Å²) >= 11 is 11.9. The Morgan fingerprint density at radius 3 is 2.75 bits per heavy atom. The second-order valence-corrected chi connectivity index (χ2v) is 6.29. The Labute approximate surface area is 150 Å². The molecule has 1 aliphatic rings. The van der Waals surface area contributed by atoms with Crippen LogP contribution in [-0.4, -0.2) is 30.8 Å². The SMILES string of the molecule is O=C(CO/N=C\c1cccc(Cl)c1Cl)NC(=O)NC1CCCCC1. The number of hydrogen-bond acceptors (Lipinski definition) is 4. The second-order valence-electron chi connectivity index (χ2n) is 5.51. The topological polar surface area (TPSA) is 79.8 Å². The van der Waals surface area contributed by atoms with Gasteiger partial charge in [0.1, 0.15) is 0 Å². The number of amides is 3. The van der Waals surface area contributed by atoms with E-state index in [1.54, 1.807) is 18.2 Å². The zero-order valence-electron chi connectivity index (χ0n) is 13.1. The van der Waals surface area contributed by atoms with Crippen molar-refractivity contribution in [1.82, 2.24) is 10.6 Å². The normalized spacial score (nSPS) is 15.2. The van der Waals surface area contributed by atoms with Crippen molar-refractivity contribution in [2.45, 2.75) is 38.1 Å². The molecule has 0 heterocycles. The van der Waals surface area contributed by atoms with Crippen molar-refractivity contribution < 1.29 is 14.4 Å². The quantitative estimate of drug-likeness (QED) is 0.613. The van der Waals surface area contributed by atoms with Gasteiger partial charge in [-0.3, -0.25) is 10.1 Å². The number of nitrogens with zero attached hydrogens (tertiary/aromatic N) is 1. The molecular formula is C16H19Cl2N3O3. The molecule has 0 saturated heterocycles. The summed E-state index contributed by atoms with van der Waals surface area (Å²) in [5.74, 6) is -0.572. The number of urea groups is 1. The third-order valence-corrected chi connectivity index (χ3v) is 4.47. The molecule has 6 nitrogen and oxygen atoms in total. The smallest absolute Gasteiger partial charge is 0.321 e. The number of carbonyl (C=O) groups is 2. The van der Waals surface area contributed by atoms with Gasteiger partial charge in [0.15, 0.2) is 6.61 Å². The second kappa shape index (κ2) is 9.49. The predicted molar refractivity (Wildman–Crippen MR) is 93.6 cm³/mol. The molecule has 0 atom stereocenters. The molecule has 0 aromatic heterocycles. The first kappa shape index (κ1) is 18.5. The molecule has 1 aliphatic carbocycles. The molecule has 0 bridgehead atoms. The van der Waals surface area contributed by atoms with E-state index in [0.29, 0.717) is 15.6 Å². The first-order chi connectivity index (χ1) is 11.6. The van der Waals surface area contributed by atoms with Crippen molar-refractivity contribution in [1.29, 1.82) is 0 Å². The Hall–Kier alpha value is -1.79. The van der Waals surface area contributed by atoms with E-state index in [1.165, 1.54) is 12.6 Å². The number of oxime groups is 1. The number of imide groups is 1. The van der Waals surface area contributed by atoms with Crippen LogP contribution in [0.4, 0.5) is 4.79 Å². The predicted octanol–water partition coefficient (Wildman–Crippen LogP) is 3.50. The lowest BCUT2D eigenvalue weighted by atomic mass is 9.96. The molecule has 130 valence electrons. The van der Waals surface area contributed by atoms with Crippen LogP contribution in [0.15, 0.2) is 23.4 Å². The molecule has 0 unspecified atom stereocenters. The molecule has 1 aromatic rings. The third-order valence-electron chi connectivity index (χ3n) is 3.64. The lowest BCUT2D eigenvalue weighted by Crippen LogP contribution is -2.46. The van der Waals surface area contributed by atoms with E-state index < -0.39 is 11.9 Å². The van der Waals surface area contributed by atoms with Gasteiger partial charge in [-0.1, -0.05) is 59.8 Å². The van der Waals surface area contributed by atoms with Crippen molar-refractivity contribution in [2.75, 3.05) is 6.61 Å². The Bertz CT molecular complexity index is 617. The van der Waals surface area contributed by atoms with Gasteiger partial charge in [0, 0.05) is 11.6 Å². The van der Waals surface area contributed by atoms with Crippen LogP contribution < -0.4 is 10.6 Å². The first-order valence-electron chi connectivity index (χ1n) is 7.76. The van der Waals surface area contributed by atoms with Crippen molar-refractivity contribution in [3.63, 3.8) is 0 Å². The van der Waals surface area contributed by atoms with Crippen LogP contribution in [0.2, 0.25) is 10.0 Å². The van der Waals surface area contributed by atoms with Gasteiger partial charge in [0.05, 0.1) is 16.3 Å². The summed E-state index contributed by atoms with van der Waals surface area (Å²) in [5, 5.41) is 9.39. The minimum absolute atomic E-state index is 0.135. The highest BCUT2D eigenvalue weighted by Crippen LogP contribution is 2.24. The minimum atomic E-state index is -0.572. The molecule has 8 heteroatoms. The number of halogens is 2. The summed E-state index contributed by atoms with van der Waals surface area (Å²) in [6, 6.07) is 4.71. The molecule has 2 rings (SSSR count). The van der Waals surface area contributed by atoms with Gasteiger partial charge in [-0.15, -0.1) is 0 Å². The molecular weight excluding hydrogens is 353 g/mol. The maximum Gasteiger partial charge on any atom is 0.321 e. The van der Waals surface area contributed by atoms with Crippen LogP contribution in [0.3, 0.4) is 0 Å². The van der Waals surface area contributed by atoms with E-state index in [4.69, 9.17) is 28.0 Å². The van der Waals surface area contributed by atoms with Crippen molar-refractivity contribution in [3.8, 4) is 0 Å². The van der Waals surface area contributed by atoms with Crippen molar-refractivity contribution in [3.05, 3.63) is 33.8 Å². The molecule has 3 amide bonds. The fraction of sp³-hybridized carbons (Fsp3) is 0.438. The standard InChI is InChI=1S/C16H19Cl2N3O3/c17-13-8-4-5-11(15(13)18)9-19-24-10-14(22)21-16(23)20-12-6-2-1-3-7-12/h4-5,8-9,12H,1-3,6-7,10H2,(H2,20,21,22,23)/b19-9-. The summed E-state index contributed by atoms with van der Waals surface area (Å²) in [4.78, 5) is 28.2. The Morgan fingerprint density at radius 2 is 2.00 bits per heavy atom. The average molecular weight is 372 g/mol. The Morgan fingerprint density at radius 1 is 1.25 bits per heavy atom. The van der Waals surface area contributed by atoms with E-state index in [-0.39, 0.29) is 12.6 Å². The number of carbonyl (C=O) groups excluding carboxylic acids is 2. The van der Waals surface area contributed by atoms with Crippen LogP contribution in [0, 0.1) is 0 Å². The fourth-order valence-electron chi connectivity index (χ4n) is 2.44. The Balaban J connectivity index is 1.69. The first-order valence-corrected chi connectivity index (χ1v) is 8.51. The number of nitrogens with one attached hydrogen (secondary N) is 2. The lowest BCUT2D eigenvalue weighted by molar-refractivity contribution is -0.124. The highest BCUT2D eigenvalue weighted by Gasteiger charge is 2.16. The average Bonchev–Trinajstić information content (AvgIpc) is 2.56. The van der Waals surface area contributed by atoms with Gasteiger partial charge in [-0.25, -0.2) is 4.79 Å². The van der Waals surface area contributed by atoms with Gasteiger partial charge in [0.25, 0.3) is 5.91 Å². The van der Waals surface area contributed by atoms with Crippen LogP contribution in [0.5, 0.6) is 0 Å². The molecule has 1 fully saturated rings. The molecule has 0 aliphatic heterocycles. The van der Waals surface area contributed by atoms with E-state index in [0.717, 1.165) is 25.7 Å². The zero-order chi connectivity index (χ0) is 17.4. The maximum atomic E-state index is 11.7. The van der Waals surface area contributed by atoms with E-state index in [1.807, 2.05) is 0 Å². The van der Waals surface area contributed by atoms with Crippen molar-refractivity contribution in [2.24, 2.45) is 5.16 Å². The van der Waals surface area contributed by atoms with E-state index in [9.17, 15) is 9.59 Å². The molecule has 1 aromatic carbocycles. The largest absolute Gasteiger partial charge is 0.386 e. The molecule has 2 N–H and O–H groups in total. The number of hydrogen-bond donors (Lipinski definition) is 2. The summed E-state index contributed by atoms with van der Waals surface area (Å²) < 4.78 is 0. The zero-order valence-corrected chi connectivity index (χ0v) is 14.6. The third kappa shape index (κ3) is 6.02. The lowest BCUT2D eigenvalue weighted by Gasteiger charge is -2.22. The van der Waals surface area contributed by atoms with Gasteiger partial charge in [-0.05, 0) is 18.9 Å². The van der Waals surface area contributed by atoms with Crippen LogP contribution >= 0.6 is 23.2 Å². The van der Waals surface area contributed by atoms with Gasteiger partial charge in [0.2, 0.25) is 0 Å². The van der Waals surface area contributed by atoms with Gasteiger partial charge in [-0.2, -0.15) is 0 Å².